The van der Waals surface area contributed by atoms with E-state index in [0.717, 1.165) is 16.2 Å². The van der Waals surface area contributed by atoms with Gasteiger partial charge in [-0.2, -0.15) is 0 Å². The Morgan fingerprint density at radius 2 is 1.88 bits per heavy atom. The van der Waals surface area contributed by atoms with Gasteiger partial charge in [0.1, 0.15) is 0 Å². The average Bonchev–Trinajstić information content (AvgIpc) is 2.78. The van der Waals surface area contributed by atoms with E-state index >= 15 is 0 Å². The first-order valence-electron chi connectivity index (χ1n) is 10.5. The van der Waals surface area contributed by atoms with Gasteiger partial charge in [0.15, 0.2) is 5.41 Å². The number of nitro benzene ring substituents is 1. The number of fused-ring (bicyclic) bond motifs is 1. The molecular formula is C23H24N4O5. The summed E-state index contributed by atoms with van der Waals surface area (Å²) in [4.78, 5) is 53.6. The van der Waals surface area contributed by atoms with Gasteiger partial charge in [-0.1, -0.05) is 43.7 Å². The van der Waals surface area contributed by atoms with E-state index < -0.39 is 34.2 Å². The Morgan fingerprint density at radius 1 is 1.16 bits per heavy atom. The van der Waals surface area contributed by atoms with E-state index in [2.05, 4.69) is 5.32 Å². The number of rotatable bonds is 5. The summed E-state index contributed by atoms with van der Waals surface area (Å²) in [6, 6.07) is 12.3. The quantitative estimate of drug-likeness (QED) is 0.438. The number of amides is 4. The smallest absolute Gasteiger partial charge is 0.331 e. The van der Waals surface area contributed by atoms with E-state index in [1.54, 1.807) is 25.2 Å². The number of imide groups is 2. The first kappa shape index (κ1) is 21.5. The Hall–Kier alpha value is -3.75. The van der Waals surface area contributed by atoms with Gasteiger partial charge in [0, 0.05) is 31.3 Å². The van der Waals surface area contributed by atoms with Gasteiger partial charge in [-0.3, -0.25) is 29.9 Å². The number of hydrogen-bond donors (Lipinski definition) is 1. The summed E-state index contributed by atoms with van der Waals surface area (Å²) in [5, 5.41) is 13.7. The molecule has 4 rings (SSSR count). The zero-order valence-corrected chi connectivity index (χ0v) is 17.9. The van der Waals surface area contributed by atoms with Gasteiger partial charge in [-0.15, -0.1) is 0 Å². The van der Waals surface area contributed by atoms with Crippen LogP contribution in [0.4, 0.5) is 16.2 Å². The summed E-state index contributed by atoms with van der Waals surface area (Å²) in [5.41, 5.74) is 0.364. The van der Waals surface area contributed by atoms with E-state index in [1.807, 2.05) is 30.0 Å². The molecule has 32 heavy (non-hydrogen) atoms. The first-order chi connectivity index (χ1) is 15.3. The summed E-state index contributed by atoms with van der Waals surface area (Å²) >= 11 is 0. The van der Waals surface area contributed by atoms with Crippen molar-refractivity contribution in [3.8, 4) is 0 Å². The molecule has 2 aliphatic heterocycles. The van der Waals surface area contributed by atoms with Gasteiger partial charge >= 0.3 is 6.03 Å². The molecule has 2 heterocycles. The van der Waals surface area contributed by atoms with Crippen LogP contribution in [0.1, 0.15) is 30.9 Å². The number of non-ortho nitro benzene ring substituents is 1. The lowest BCUT2D eigenvalue weighted by Gasteiger charge is -2.51. The predicted octanol–water partition coefficient (Wildman–Crippen LogP) is 3.02. The number of urea groups is 1. The summed E-state index contributed by atoms with van der Waals surface area (Å²) in [6.45, 7) is 2.00. The standard InChI is InChI=1S/C23H24N4O5/c1-3-7-19-23(13-16-12-17(27(31)32)10-11-18(16)25(19)2)20(28)24-22(30)26(21(23)29)14-15-8-5-4-6-9-15/h4-6,8-12,19H,3,7,13-14H2,1-2H3,(H,24,28,30)/t19-,23+/m0/s1. The zero-order chi connectivity index (χ0) is 23.0. The summed E-state index contributed by atoms with van der Waals surface area (Å²) in [7, 11) is 1.78. The molecule has 1 spiro atoms. The topological polar surface area (TPSA) is 113 Å². The number of nitrogens with zero attached hydrogens (tertiary/aromatic N) is 3. The van der Waals surface area contributed by atoms with Crippen LogP contribution in [0.2, 0.25) is 0 Å². The molecule has 2 atom stereocenters. The van der Waals surface area contributed by atoms with Crippen molar-refractivity contribution in [3.05, 3.63) is 69.8 Å². The summed E-state index contributed by atoms with van der Waals surface area (Å²) < 4.78 is 0. The van der Waals surface area contributed by atoms with E-state index in [1.165, 1.54) is 12.1 Å². The fraction of sp³-hybridized carbons (Fsp3) is 0.348. The number of barbiturate groups is 1. The highest BCUT2D eigenvalue weighted by Crippen LogP contribution is 2.46. The van der Waals surface area contributed by atoms with Crippen LogP contribution in [0.25, 0.3) is 0 Å². The van der Waals surface area contributed by atoms with Gasteiger partial charge in [-0.25, -0.2) is 4.79 Å². The normalized spacial score (nSPS) is 22.7. The van der Waals surface area contributed by atoms with Crippen LogP contribution in [0.5, 0.6) is 0 Å². The SMILES string of the molecule is CCC[C@@H]1N(C)c2ccc([N+](=O)[O-])cc2C[C@]12C(=O)NC(=O)N(Cc1ccccc1)C2=O. The maximum atomic E-state index is 13.9. The molecule has 0 aromatic heterocycles. The van der Waals surface area contributed by atoms with Crippen molar-refractivity contribution in [1.82, 2.24) is 10.2 Å². The molecule has 2 aromatic rings. The van der Waals surface area contributed by atoms with Crippen LogP contribution >= 0.6 is 0 Å². The molecule has 4 amide bonds. The zero-order valence-electron chi connectivity index (χ0n) is 17.9. The van der Waals surface area contributed by atoms with Crippen LogP contribution in [-0.2, 0) is 22.6 Å². The average molecular weight is 436 g/mol. The van der Waals surface area contributed by atoms with Crippen LogP contribution in [0.3, 0.4) is 0 Å². The lowest BCUT2D eigenvalue weighted by molar-refractivity contribution is -0.384. The molecule has 1 saturated heterocycles. The maximum absolute atomic E-state index is 13.9. The van der Waals surface area contributed by atoms with Crippen LogP contribution in [0, 0.1) is 15.5 Å². The molecule has 9 heteroatoms. The van der Waals surface area contributed by atoms with Crippen LogP contribution in [-0.4, -0.2) is 40.8 Å². The van der Waals surface area contributed by atoms with Gasteiger partial charge in [-0.05, 0) is 23.6 Å². The van der Waals surface area contributed by atoms with Crippen LogP contribution < -0.4 is 10.2 Å². The number of anilines is 1. The Morgan fingerprint density at radius 3 is 2.53 bits per heavy atom. The van der Waals surface area contributed by atoms with Gasteiger partial charge in [0.05, 0.1) is 17.5 Å². The third kappa shape index (κ3) is 3.30. The molecule has 0 bridgehead atoms. The van der Waals surface area contributed by atoms with Crippen molar-refractivity contribution in [2.24, 2.45) is 5.41 Å². The minimum atomic E-state index is -1.56. The van der Waals surface area contributed by atoms with E-state index in [9.17, 15) is 24.5 Å². The second kappa shape index (κ2) is 8.07. The van der Waals surface area contributed by atoms with Gasteiger partial charge in [0.25, 0.3) is 5.69 Å². The Balaban J connectivity index is 1.82. The molecule has 166 valence electrons. The highest BCUT2D eigenvalue weighted by Gasteiger charge is 2.61. The monoisotopic (exact) mass is 436 g/mol. The lowest BCUT2D eigenvalue weighted by atomic mass is 9.67. The van der Waals surface area contributed by atoms with E-state index in [4.69, 9.17) is 0 Å². The number of hydrogen-bond acceptors (Lipinski definition) is 6. The maximum Gasteiger partial charge on any atom is 0.331 e. The summed E-state index contributed by atoms with van der Waals surface area (Å²) in [6.07, 6.45) is 1.24. The molecular weight excluding hydrogens is 412 g/mol. The molecule has 0 aliphatic carbocycles. The third-order valence-electron chi connectivity index (χ3n) is 6.40. The number of benzene rings is 2. The summed E-state index contributed by atoms with van der Waals surface area (Å²) in [5.74, 6) is -1.23. The number of nitro groups is 1. The van der Waals surface area contributed by atoms with Crippen molar-refractivity contribution in [2.75, 3.05) is 11.9 Å². The fourth-order valence-electron chi connectivity index (χ4n) is 4.87. The molecule has 9 nitrogen and oxygen atoms in total. The highest BCUT2D eigenvalue weighted by atomic mass is 16.6. The minimum Gasteiger partial charge on any atom is -0.370 e. The van der Waals surface area contributed by atoms with Crippen molar-refractivity contribution < 1.29 is 19.3 Å². The lowest BCUT2D eigenvalue weighted by Crippen LogP contribution is -2.71. The largest absolute Gasteiger partial charge is 0.370 e. The molecule has 1 fully saturated rings. The van der Waals surface area contributed by atoms with Gasteiger partial charge < -0.3 is 4.90 Å². The second-order valence-electron chi connectivity index (χ2n) is 8.27. The van der Waals surface area contributed by atoms with Crippen molar-refractivity contribution in [1.29, 1.82) is 0 Å². The third-order valence-corrected chi connectivity index (χ3v) is 6.40. The molecule has 1 N–H and O–H groups in total. The molecule has 0 saturated carbocycles. The molecule has 2 aliphatic rings. The molecule has 0 unspecified atom stereocenters. The molecule has 2 aromatic carbocycles. The minimum absolute atomic E-state index is 0.0117. The predicted molar refractivity (Wildman–Crippen MR) is 117 cm³/mol. The number of carbonyl (C=O) groups excluding carboxylic acids is 3. The Kier molecular flexibility index (Phi) is 5.41. The number of nitrogens with one attached hydrogen (secondary N) is 1. The first-order valence-corrected chi connectivity index (χ1v) is 10.5. The highest BCUT2D eigenvalue weighted by molar-refractivity contribution is 6.20. The van der Waals surface area contributed by atoms with Crippen molar-refractivity contribution >= 4 is 29.2 Å². The Labute approximate surface area is 185 Å². The molecule has 0 radical (unpaired) electrons. The van der Waals surface area contributed by atoms with Crippen molar-refractivity contribution in [3.63, 3.8) is 0 Å². The van der Waals surface area contributed by atoms with E-state index in [-0.39, 0.29) is 18.7 Å². The van der Waals surface area contributed by atoms with Gasteiger partial charge in [0.2, 0.25) is 11.8 Å². The van der Waals surface area contributed by atoms with Crippen molar-refractivity contribution in [2.45, 2.75) is 38.8 Å². The fourth-order valence-corrected chi connectivity index (χ4v) is 4.87. The number of carbonyl (C=O) groups is 3. The second-order valence-corrected chi connectivity index (χ2v) is 8.27. The Bertz CT molecular complexity index is 1100. The van der Waals surface area contributed by atoms with E-state index in [0.29, 0.717) is 18.4 Å². The van der Waals surface area contributed by atoms with Crippen LogP contribution in [0.15, 0.2) is 48.5 Å².